The summed E-state index contributed by atoms with van der Waals surface area (Å²) in [5.41, 5.74) is 2.78. The zero-order chi connectivity index (χ0) is 16.1. The average molecular weight is 307 g/mol. The predicted octanol–water partition coefficient (Wildman–Crippen LogP) is 2.67. The maximum absolute atomic E-state index is 12.5. The van der Waals surface area contributed by atoms with E-state index in [-0.39, 0.29) is 5.91 Å². The molecule has 5 heteroatoms. The van der Waals surface area contributed by atoms with E-state index < -0.39 is 0 Å². The molecule has 3 rings (SSSR count). The molecule has 5 nitrogen and oxygen atoms in total. The van der Waals surface area contributed by atoms with Crippen LogP contribution < -0.4 is 5.32 Å². The maximum Gasteiger partial charge on any atom is 0.252 e. The van der Waals surface area contributed by atoms with Gasteiger partial charge < -0.3 is 10.1 Å². The van der Waals surface area contributed by atoms with Gasteiger partial charge in [0, 0.05) is 25.2 Å². The molecule has 0 radical (unpaired) electrons. The first kappa shape index (κ1) is 15.1. The van der Waals surface area contributed by atoms with Crippen molar-refractivity contribution in [3.8, 4) is 11.4 Å². The van der Waals surface area contributed by atoms with Crippen molar-refractivity contribution in [3.63, 3.8) is 0 Å². The summed E-state index contributed by atoms with van der Waals surface area (Å²) in [4.78, 5) is 21.4. The Hall–Kier alpha value is -2.79. The monoisotopic (exact) mass is 307 g/mol. The maximum atomic E-state index is 12.5. The van der Waals surface area contributed by atoms with Crippen LogP contribution in [0.5, 0.6) is 0 Å². The van der Waals surface area contributed by atoms with Gasteiger partial charge in [-0.05, 0) is 24.3 Å². The minimum atomic E-state index is -0.141. The van der Waals surface area contributed by atoms with E-state index in [1.165, 1.54) is 0 Å². The Balaban J connectivity index is 2.06. The van der Waals surface area contributed by atoms with E-state index in [9.17, 15) is 4.79 Å². The number of carbonyl (C=O) groups is 1. The van der Waals surface area contributed by atoms with E-state index in [1.54, 1.807) is 19.4 Å². The Kier molecular flexibility index (Phi) is 4.59. The van der Waals surface area contributed by atoms with Crippen molar-refractivity contribution in [2.45, 2.75) is 0 Å². The number of aromatic nitrogens is 2. The van der Waals surface area contributed by atoms with Crippen LogP contribution in [0.3, 0.4) is 0 Å². The minimum Gasteiger partial charge on any atom is -0.383 e. The summed E-state index contributed by atoms with van der Waals surface area (Å²) in [5, 5.41) is 3.68. The van der Waals surface area contributed by atoms with Gasteiger partial charge in [-0.25, -0.2) is 4.98 Å². The van der Waals surface area contributed by atoms with E-state index in [0.29, 0.717) is 24.4 Å². The zero-order valence-corrected chi connectivity index (χ0v) is 12.8. The number of amides is 1. The first-order chi connectivity index (χ1) is 11.3. The number of benzene rings is 1. The normalized spacial score (nSPS) is 10.7. The Morgan fingerprint density at radius 1 is 1.13 bits per heavy atom. The van der Waals surface area contributed by atoms with Crippen molar-refractivity contribution < 1.29 is 9.53 Å². The van der Waals surface area contributed by atoms with Crippen molar-refractivity contribution in [2.75, 3.05) is 20.3 Å². The lowest BCUT2D eigenvalue weighted by Crippen LogP contribution is -2.27. The molecule has 0 aliphatic carbocycles. The van der Waals surface area contributed by atoms with Gasteiger partial charge in [-0.15, -0.1) is 0 Å². The predicted molar refractivity (Wildman–Crippen MR) is 89.2 cm³/mol. The molecule has 3 aromatic rings. The van der Waals surface area contributed by atoms with Gasteiger partial charge >= 0.3 is 0 Å². The molecule has 2 heterocycles. The smallest absolute Gasteiger partial charge is 0.252 e. The van der Waals surface area contributed by atoms with E-state index in [1.807, 2.05) is 42.5 Å². The Morgan fingerprint density at radius 2 is 1.96 bits per heavy atom. The highest BCUT2D eigenvalue weighted by Gasteiger charge is 2.13. The molecule has 0 fully saturated rings. The van der Waals surface area contributed by atoms with Crippen LogP contribution >= 0.6 is 0 Å². The number of ether oxygens (including phenoxy) is 1. The third-order valence-electron chi connectivity index (χ3n) is 3.48. The molecule has 0 spiro atoms. The van der Waals surface area contributed by atoms with Gasteiger partial charge in [0.05, 0.1) is 29.1 Å². The summed E-state index contributed by atoms with van der Waals surface area (Å²) in [7, 11) is 1.60. The Labute approximate surface area is 134 Å². The molecule has 1 aromatic carbocycles. The summed E-state index contributed by atoms with van der Waals surface area (Å²) >= 11 is 0. The molecule has 0 bridgehead atoms. The standard InChI is InChI=1S/C18H17N3O2/c1-23-11-10-20-18(22)14-12-17(16-8-4-5-9-19-16)21-15-7-3-2-6-13(14)15/h2-9,12H,10-11H2,1H3,(H,20,22). The van der Waals surface area contributed by atoms with Gasteiger partial charge in [0.1, 0.15) is 0 Å². The summed E-state index contributed by atoms with van der Waals surface area (Å²) in [6.45, 7) is 0.937. The van der Waals surface area contributed by atoms with E-state index in [2.05, 4.69) is 15.3 Å². The fourth-order valence-electron chi connectivity index (χ4n) is 2.37. The van der Waals surface area contributed by atoms with Crippen LogP contribution in [0, 0.1) is 0 Å². The van der Waals surface area contributed by atoms with E-state index in [4.69, 9.17) is 4.74 Å². The van der Waals surface area contributed by atoms with Crippen LogP contribution in [-0.2, 0) is 4.74 Å². The van der Waals surface area contributed by atoms with Crippen LogP contribution in [0.4, 0.5) is 0 Å². The summed E-state index contributed by atoms with van der Waals surface area (Å²) in [5.74, 6) is -0.141. The number of rotatable bonds is 5. The number of para-hydroxylation sites is 1. The molecule has 2 aromatic heterocycles. The van der Waals surface area contributed by atoms with Crippen molar-refractivity contribution in [1.82, 2.24) is 15.3 Å². The number of hydrogen-bond acceptors (Lipinski definition) is 4. The van der Waals surface area contributed by atoms with Crippen LogP contribution in [0.25, 0.3) is 22.3 Å². The van der Waals surface area contributed by atoms with Gasteiger partial charge in [-0.2, -0.15) is 0 Å². The first-order valence-electron chi connectivity index (χ1n) is 7.38. The van der Waals surface area contributed by atoms with Crippen LogP contribution in [0.2, 0.25) is 0 Å². The molecule has 0 atom stereocenters. The topological polar surface area (TPSA) is 64.1 Å². The molecule has 0 saturated heterocycles. The summed E-state index contributed by atoms with van der Waals surface area (Å²) < 4.78 is 4.97. The SMILES string of the molecule is COCCNC(=O)c1cc(-c2ccccn2)nc2ccccc12. The van der Waals surface area contributed by atoms with E-state index in [0.717, 1.165) is 16.6 Å². The quantitative estimate of drug-likeness (QED) is 0.736. The van der Waals surface area contributed by atoms with Crippen molar-refractivity contribution >= 4 is 16.8 Å². The molecule has 0 unspecified atom stereocenters. The molecule has 0 aliphatic rings. The lowest BCUT2D eigenvalue weighted by molar-refractivity contribution is 0.0938. The lowest BCUT2D eigenvalue weighted by atomic mass is 10.1. The Bertz CT molecular complexity index is 819. The number of fused-ring (bicyclic) bond motifs is 1. The largest absolute Gasteiger partial charge is 0.383 e. The fraction of sp³-hybridized carbons (Fsp3) is 0.167. The minimum absolute atomic E-state index is 0.141. The molecule has 1 amide bonds. The van der Waals surface area contributed by atoms with E-state index >= 15 is 0 Å². The molecular weight excluding hydrogens is 290 g/mol. The number of pyridine rings is 2. The highest BCUT2D eigenvalue weighted by molar-refractivity contribution is 6.07. The average Bonchev–Trinajstić information content (AvgIpc) is 2.61. The molecule has 0 saturated carbocycles. The number of nitrogens with zero attached hydrogens (tertiary/aromatic N) is 2. The summed E-state index contributed by atoms with van der Waals surface area (Å²) in [6, 6.07) is 15.0. The second-order valence-electron chi connectivity index (χ2n) is 5.04. The highest BCUT2D eigenvalue weighted by atomic mass is 16.5. The van der Waals surface area contributed by atoms with Gasteiger partial charge in [0.25, 0.3) is 5.91 Å². The van der Waals surface area contributed by atoms with Crippen molar-refractivity contribution in [2.24, 2.45) is 0 Å². The van der Waals surface area contributed by atoms with Crippen LogP contribution in [-0.4, -0.2) is 36.1 Å². The van der Waals surface area contributed by atoms with Gasteiger partial charge in [0.2, 0.25) is 0 Å². The van der Waals surface area contributed by atoms with Crippen LogP contribution in [0.1, 0.15) is 10.4 Å². The van der Waals surface area contributed by atoms with Gasteiger partial charge in [0.15, 0.2) is 0 Å². The van der Waals surface area contributed by atoms with Crippen molar-refractivity contribution in [1.29, 1.82) is 0 Å². The zero-order valence-electron chi connectivity index (χ0n) is 12.8. The molecule has 1 N–H and O–H groups in total. The second kappa shape index (κ2) is 6.98. The van der Waals surface area contributed by atoms with Gasteiger partial charge in [-0.1, -0.05) is 24.3 Å². The number of nitrogens with one attached hydrogen (secondary N) is 1. The third-order valence-corrected chi connectivity index (χ3v) is 3.48. The van der Waals surface area contributed by atoms with Crippen molar-refractivity contribution in [3.05, 3.63) is 60.3 Å². The van der Waals surface area contributed by atoms with Gasteiger partial charge in [-0.3, -0.25) is 9.78 Å². The number of hydrogen-bond donors (Lipinski definition) is 1. The summed E-state index contributed by atoms with van der Waals surface area (Å²) in [6.07, 6.45) is 1.71. The lowest BCUT2D eigenvalue weighted by Gasteiger charge is -2.10. The molecule has 23 heavy (non-hydrogen) atoms. The number of methoxy groups -OCH3 is 1. The first-order valence-corrected chi connectivity index (χ1v) is 7.38. The number of carbonyl (C=O) groups excluding carboxylic acids is 1. The fourth-order valence-corrected chi connectivity index (χ4v) is 2.37. The highest BCUT2D eigenvalue weighted by Crippen LogP contribution is 2.23. The Morgan fingerprint density at radius 3 is 2.74 bits per heavy atom. The molecular formula is C18H17N3O2. The molecule has 116 valence electrons. The second-order valence-corrected chi connectivity index (χ2v) is 5.04. The van der Waals surface area contributed by atoms with Crippen LogP contribution in [0.15, 0.2) is 54.7 Å². The molecule has 0 aliphatic heterocycles. The third kappa shape index (κ3) is 3.35.